The number of nitrogens with one attached hydrogen (secondary N) is 1. The van der Waals surface area contributed by atoms with E-state index in [-0.39, 0.29) is 23.5 Å². The molecule has 0 spiro atoms. The number of aromatic nitrogens is 1. The number of amides is 1. The summed E-state index contributed by atoms with van der Waals surface area (Å²) in [4.78, 5) is 37.7. The maximum absolute atomic E-state index is 12.6. The molecule has 0 radical (unpaired) electrons. The highest BCUT2D eigenvalue weighted by Gasteiger charge is 2.29. The van der Waals surface area contributed by atoms with E-state index in [0.717, 1.165) is 29.1 Å². The van der Waals surface area contributed by atoms with Crippen molar-refractivity contribution in [1.29, 1.82) is 0 Å². The van der Waals surface area contributed by atoms with Gasteiger partial charge in [0.05, 0.1) is 16.5 Å². The van der Waals surface area contributed by atoms with Gasteiger partial charge in [-0.15, -0.1) is 11.8 Å². The fourth-order valence-electron chi connectivity index (χ4n) is 3.58. The number of Topliss-reactive ketones (excluding diaryl/α,β-unsaturated/α-hetero) is 1. The molecule has 6 nitrogen and oxygen atoms in total. The Morgan fingerprint density at radius 2 is 2.00 bits per heavy atom. The van der Waals surface area contributed by atoms with Crippen molar-refractivity contribution in [3.63, 3.8) is 0 Å². The predicted molar refractivity (Wildman–Crippen MR) is 107 cm³/mol. The highest BCUT2D eigenvalue weighted by molar-refractivity contribution is 8.00. The molecular weight excluding hydrogens is 376 g/mol. The summed E-state index contributed by atoms with van der Waals surface area (Å²) in [5.74, 6) is -0.877. The molecule has 28 heavy (non-hydrogen) atoms. The number of benzene rings is 1. The molecule has 1 amide bonds. The molecule has 1 saturated carbocycles. The average Bonchev–Trinajstić information content (AvgIpc) is 3.44. The molecule has 1 unspecified atom stereocenters. The summed E-state index contributed by atoms with van der Waals surface area (Å²) in [5, 5.41) is 2.62. The standard InChI is InChI=1S/C21H22N2O4S/c1-11-8-16(12(2)23(11)15-5-6-15)18(24)10-27-21(26)14-4-7-19-17(9-14)22-20(25)13(3)28-19/h4,7-9,13,15H,5-6,10H2,1-3H3,(H,22,25). The van der Waals surface area contributed by atoms with Crippen LogP contribution in [0.15, 0.2) is 29.2 Å². The van der Waals surface area contributed by atoms with Crippen molar-refractivity contribution in [2.24, 2.45) is 0 Å². The van der Waals surface area contributed by atoms with Gasteiger partial charge in [0, 0.05) is 27.9 Å². The molecule has 1 aromatic heterocycles. The van der Waals surface area contributed by atoms with E-state index < -0.39 is 5.97 Å². The van der Waals surface area contributed by atoms with Crippen molar-refractivity contribution < 1.29 is 19.1 Å². The van der Waals surface area contributed by atoms with Crippen molar-refractivity contribution in [1.82, 2.24) is 4.57 Å². The van der Waals surface area contributed by atoms with Gasteiger partial charge in [-0.3, -0.25) is 9.59 Å². The number of rotatable bonds is 5. The minimum Gasteiger partial charge on any atom is -0.454 e. The first-order valence-corrected chi connectivity index (χ1v) is 10.2. The summed E-state index contributed by atoms with van der Waals surface area (Å²) in [5.41, 5.74) is 3.52. The number of anilines is 1. The molecule has 146 valence electrons. The van der Waals surface area contributed by atoms with Gasteiger partial charge in [0.15, 0.2) is 6.61 Å². The fraction of sp³-hybridized carbons (Fsp3) is 0.381. The smallest absolute Gasteiger partial charge is 0.338 e. The second kappa shape index (κ2) is 7.13. The van der Waals surface area contributed by atoms with E-state index in [1.165, 1.54) is 11.8 Å². The molecule has 7 heteroatoms. The van der Waals surface area contributed by atoms with Crippen LogP contribution in [0, 0.1) is 13.8 Å². The van der Waals surface area contributed by atoms with Crippen molar-refractivity contribution >= 4 is 35.1 Å². The van der Waals surface area contributed by atoms with Gasteiger partial charge in [-0.1, -0.05) is 0 Å². The number of nitrogens with zero attached hydrogens (tertiary/aromatic N) is 1. The number of ketones is 1. The van der Waals surface area contributed by atoms with Crippen LogP contribution in [-0.4, -0.2) is 34.1 Å². The molecule has 1 aromatic carbocycles. The van der Waals surface area contributed by atoms with Crippen molar-refractivity contribution in [3.8, 4) is 0 Å². The quantitative estimate of drug-likeness (QED) is 0.610. The number of aryl methyl sites for hydroxylation is 1. The van der Waals surface area contributed by atoms with Gasteiger partial charge in [0.25, 0.3) is 0 Å². The first-order valence-electron chi connectivity index (χ1n) is 9.35. The van der Waals surface area contributed by atoms with Crippen molar-refractivity contribution in [2.75, 3.05) is 11.9 Å². The van der Waals surface area contributed by atoms with Gasteiger partial charge in [0.1, 0.15) is 0 Å². The molecule has 1 aliphatic carbocycles. The number of ether oxygens (including phenoxy) is 1. The summed E-state index contributed by atoms with van der Waals surface area (Å²) in [6, 6.07) is 7.41. The van der Waals surface area contributed by atoms with E-state index in [1.807, 2.05) is 26.8 Å². The number of carbonyl (C=O) groups excluding carboxylic acids is 3. The van der Waals surface area contributed by atoms with E-state index in [9.17, 15) is 14.4 Å². The predicted octanol–water partition coefficient (Wildman–Crippen LogP) is 3.91. The van der Waals surface area contributed by atoms with Gasteiger partial charge in [0.2, 0.25) is 11.7 Å². The lowest BCUT2D eigenvalue weighted by atomic mass is 10.1. The Morgan fingerprint density at radius 1 is 1.25 bits per heavy atom. The molecular formula is C21H22N2O4S. The van der Waals surface area contributed by atoms with Gasteiger partial charge in [-0.2, -0.15) is 0 Å². The average molecular weight is 398 g/mol. The van der Waals surface area contributed by atoms with Crippen LogP contribution in [-0.2, 0) is 9.53 Å². The third-order valence-electron chi connectivity index (χ3n) is 5.18. The molecule has 4 rings (SSSR count). The Labute approximate surface area is 167 Å². The largest absolute Gasteiger partial charge is 0.454 e. The molecule has 2 aliphatic rings. The molecule has 1 aliphatic heterocycles. The minimum absolute atomic E-state index is 0.0933. The molecule has 0 saturated heterocycles. The van der Waals surface area contributed by atoms with Gasteiger partial charge < -0.3 is 14.6 Å². The number of fused-ring (bicyclic) bond motifs is 1. The molecule has 2 aromatic rings. The highest BCUT2D eigenvalue weighted by Crippen LogP contribution is 2.38. The maximum Gasteiger partial charge on any atom is 0.338 e. The zero-order valence-electron chi connectivity index (χ0n) is 16.1. The number of thioether (sulfide) groups is 1. The number of carbonyl (C=O) groups is 3. The molecule has 1 fully saturated rings. The third kappa shape index (κ3) is 3.46. The summed E-state index contributed by atoms with van der Waals surface area (Å²) in [6.45, 7) is 5.46. The first-order chi connectivity index (χ1) is 13.3. The Hall–Kier alpha value is -2.54. The SMILES string of the molecule is Cc1cc(C(=O)COC(=O)c2ccc3c(c2)NC(=O)C(C)S3)c(C)n1C1CC1. The van der Waals surface area contributed by atoms with Crippen molar-refractivity contribution in [2.45, 2.75) is 49.8 Å². The van der Waals surface area contributed by atoms with Crippen LogP contribution >= 0.6 is 11.8 Å². The van der Waals surface area contributed by atoms with E-state index in [1.54, 1.807) is 18.2 Å². The van der Waals surface area contributed by atoms with E-state index in [4.69, 9.17) is 4.74 Å². The molecule has 1 N–H and O–H groups in total. The lowest BCUT2D eigenvalue weighted by Gasteiger charge is -2.21. The lowest BCUT2D eigenvalue weighted by Crippen LogP contribution is -2.26. The van der Waals surface area contributed by atoms with E-state index in [0.29, 0.717) is 22.9 Å². The normalized spacial score (nSPS) is 18.4. The van der Waals surface area contributed by atoms with Crippen LogP contribution < -0.4 is 5.32 Å². The van der Waals surface area contributed by atoms with Gasteiger partial charge >= 0.3 is 5.97 Å². The summed E-state index contributed by atoms with van der Waals surface area (Å²) in [6.07, 6.45) is 2.29. The van der Waals surface area contributed by atoms with Crippen LogP contribution in [0.3, 0.4) is 0 Å². The monoisotopic (exact) mass is 398 g/mol. The van der Waals surface area contributed by atoms with Crippen LogP contribution in [0.1, 0.15) is 57.9 Å². The summed E-state index contributed by atoms with van der Waals surface area (Å²) < 4.78 is 7.44. The number of hydrogen-bond donors (Lipinski definition) is 1. The molecule has 2 heterocycles. The topological polar surface area (TPSA) is 77.4 Å². The summed E-state index contributed by atoms with van der Waals surface area (Å²) in [7, 11) is 0. The fourth-order valence-corrected chi connectivity index (χ4v) is 4.51. The van der Waals surface area contributed by atoms with Crippen LogP contribution in [0.4, 0.5) is 5.69 Å². The Morgan fingerprint density at radius 3 is 2.71 bits per heavy atom. The van der Waals surface area contributed by atoms with Crippen LogP contribution in [0.2, 0.25) is 0 Å². The minimum atomic E-state index is -0.579. The molecule has 0 bridgehead atoms. The van der Waals surface area contributed by atoms with Gasteiger partial charge in [-0.05, 0) is 57.9 Å². The first kappa shape index (κ1) is 18.8. The zero-order chi connectivity index (χ0) is 20.0. The summed E-state index contributed by atoms with van der Waals surface area (Å²) >= 11 is 1.45. The van der Waals surface area contributed by atoms with E-state index >= 15 is 0 Å². The zero-order valence-corrected chi connectivity index (χ0v) is 16.9. The lowest BCUT2D eigenvalue weighted by molar-refractivity contribution is -0.115. The second-order valence-electron chi connectivity index (χ2n) is 7.35. The molecule has 1 atom stereocenters. The number of esters is 1. The Balaban J connectivity index is 1.43. The maximum atomic E-state index is 12.6. The Bertz CT molecular complexity index is 991. The van der Waals surface area contributed by atoms with Crippen LogP contribution in [0.25, 0.3) is 0 Å². The highest BCUT2D eigenvalue weighted by atomic mass is 32.2. The van der Waals surface area contributed by atoms with E-state index in [2.05, 4.69) is 9.88 Å². The third-order valence-corrected chi connectivity index (χ3v) is 6.35. The van der Waals surface area contributed by atoms with Crippen LogP contribution in [0.5, 0.6) is 0 Å². The van der Waals surface area contributed by atoms with Gasteiger partial charge in [-0.25, -0.2) is 4.79 Å². The number of hydrogen-bond acceptors (Lipinski definition) is 5. The Kier molecular flexibility index (Phi) is 4.79. The van der Waals surface area contributed by atoms with Crippen molar-refractivity contribution in [3.05, 3.63) is 46.8 Å². The second-order valence-corrected chi connectivity index (χ2v) is 8.73.